The van der Waals surface area contributed by atoms with Crippen LogP contribution in [0, 0.1) is 0 Å². The number of hydrogen-bond acceptors (Lipinski definition) is 5. The number of ether oxygens (including phenoxy) is 2. The van der Waals surface area contributed by atoms with Crippen LogP contribution < -0.4 is 11.1 Å². The molecule has 138 valence electrons. The van der Waals surface area contributed by atoms with Crippen molar-refractivity contribution in [1.82, 2.24) is 10.2 Å². The van der Waals surface area contributed by atoms with Crippen LogP contribution in [0.2, 0.25) is 0 Å². The molecule has 1 fully saturated rings. The number of nitrogens with zero attached hydrogens (tertiary/aromatic N) is 1. The lowest BCUT2D eigenvalue weighted by Crippen LogP contribution is -2.59. The van der Waals surface area contributed by atoms with Crippen LogP contribution in [0.25, 0.3) is 0 Å². The molecule has 2 atom stereocenters. The van der Waals surface area contributed by atoms with Gasteiger partial charge in [-0.3, -0.25) is 0 Å². The molecule has 0 saturated carbocycles. The van der Waals surface area contributed by atoms with E-state index in [1.54, 1.807) is 4.90 Å². The van der Waals surface area contributed by atoms with Gasteiger partial charge in [0.15, 0.2) is 0 Å². The minimum Gasteiger partial charge on any atom is -0.445 e. The average molecular weight is 349 g/mol. The van der Waals surface area contributed by atoms with Gasteiger partial charge < -0.3 is 25.4 Å². The molecule has 0 radical (unpaired) electrons. The number of piperidine rings is 1. The normalized spacial score (nSPS) is 20.7. The van der Waals surface area contributed by atoms with Crippen LogP contribution in [-0.4, -0.2) is 47.9 Å². The van der Waals surface area contributed by atoms with Crippen LogP contribution in [0.5, 0.6) is 0 Å². The second kappa shape index (κ2) is 8.20. The largest absolute Gasteiger partial charge is 0.445 e. The number of nitrogens with one attached hydrogen (secondary N) is 1. The molecule has 0 unspecified atom stereocenters. The molecule has 7 nitrogen and oxygen atoms in total. The molecule has 0 aliphatic carbocycles. The summed E-state index contributed by atoms with van der Waals surface area (Å²) in [6.07, 6.45) is -0.359. The van der Waals surface area contributed by atoms with Gasteiger partial charge in [-0.1, -0.05) is 30.3 Å². The summed E-state index contributed by atoms with van der Waals surface area (Å²) in [6.45, 7) is 6.44. The molecule has 0 spiro atoms. The number of hydrogen-bond donors (Lipinski definition) is 2. The molecule has 1 aliphatic rings. The minimum absolute atomic E-state index is 0.185. The Morgan fingerprint density at radius 3 is 2.60 bits per heavy atom. The smallest absolute Gasteiger partial charge is 0.410 e. The van der Waals surface area contributed by atoms with E-state index in [1.165, 1.54) is 0 Å². The Morgan fingerprint density at radius 1 is 1.28 bits per heavy atom. The number of nitrogens with two attached hydrogens (primary N) is 1. The average Bonchev–Trinajstić information content (AvgIpc) is 2.54. The van der Waals surface area contributed by atoms with Gasteiger partial charge in [0.05, 0.1) is 6.04 Å². The highest BCUT2D eigenvalue weighted by atomic mass is 16.6. The number of carbonyl (C=O) groups excluding carboxylic acids is 2. The van der Waals surface area contributed by atoms with Gasteiger partial charge in [0.2, 0.25) is 0 Å². The van der Waals surface area contributed by atoms with Crippen molar-refractivity contribution in [2.24, 2.45) is 5.73 Å². The van der Waals surface area contributed by atoms with E-state index < -0.39 is 17.8 Å². The van der Waals surface area contributed by atoms with Gasteiger partial charge in [-0.25, -0.2) is 9.59 Å². The van der Waals surface area contributed by atoms with Gasteiger partial charge in [-0.05, 0) is 32.8 Å². The Hall–Kier alpha value is -2.28. The van der Waals surface area contributed by atoms with Crippen molar-refractivity contribution >= 4 is 12.2 Å². The maximum atomic E-state index is 12.2. The first-order chi connectivity index (χ1) is 11.7. The summed E-state index contributed by atoms with van der Waals surface area (Å²) in [5.41, 5.74) is 6.42. The van der Waals surface area contributed by atoms with E-state index in [0.717, 1.165) is 5.56 Å². The number of amides is 2. The van der Waals surface area contributed by atoms with Gasteiger partial charge in [0.1, 0.15) is 12.2 Å². The zero-order valence-corrected chi connectivity index (χ0v) is 15.0. The topological polar surface area (TPSA) is 93.9 Å². The van der Waals surface area contributed by atoms with Crippen molar-refractivity contribution in [3.05, 3.63) is 35.9 Å². The SMILES string of the molecule is CC(C)(C)OC(=O)N1CC[C@H](N)[C@@H](NC(=O)OCc2ccccc2)C1. The van der Waals surface area contributed by atoms with E-state index in [4.69, 9.17) is 15.2 Å². The molecule has 7 heteroatoms. The van der Waals surface area contributed by atoms with Crippen LogP contribution in [0.3, 0.4) is 0 Å². The molecule has 0 bridgehead atoms. The Balaban J connectivity index is 1.84. The Kier molecular flexibility index (Phi) is 6.25. The van der Waals surface area contributed by atoms with E-state index in [1.807, 2.05) is 51.1 Å². The number of likely N-dealkylation sites (tertiary alicyclic amines) is 1. The highest BCUT2D eigenvalue weighted by Gasteiger charge is 2.32. The summed E-state index contributed by atoms with van der Waals surface area (Å²) in [5.74, 6) is 0. The first-order valence-corrected chi connectivity index (χ1v) is 8.45. The molecule has 1 heterocycles. The fraction of sp³-hybridized carbons (Fsp3) is 0.556. The molecule has 3 N–H and O–H groups in total. The maximum Gasteiger partial charge on any atom is 0.410 e. The monoisotopic (exact) mass is 349 g/mol. The quantitative estimate of drug-likeness (QED) is 0.873. The third-order valence-corrected chi connectivity index (χ3v) is 3.83. The zero-order valence-electron chi connectivity index (χ0n) is 15.0. The predicted octanol–water partition coefficient (Wildman–Crippen LogP) is 2.25. The van der Waals surface area contributed by atoms with Crippen molar-refractivity contribution in [1.29, 1.82) is 0 Å². The van der Waals surface area contributed by atoms with E-state index in [0.29, 0.717) is 19.5 Å². The number of carbonyl (C=O) groups is 2. The third kappa shape index (κ3) is 6.26. The molecule has 0 aromatic heterocycles. The molecule has 2 amide bonds. The zero-order chi connectivity index (χ0) is 18.4. The molecule has 25 heavy (non-hydrogen) atoms. The lowest BCUT2D eigenvalue weighted by atomic mass is 10.0. The van der Waals surface area contributed by atoms with Crippen LogP contribution in [-0.2, 0) is 16.1 Å². The summed E-state index contributed by atoms with van der Waals surface area (Å²) >= 11 is 0. The van der Waals surface area contributed by atoms with Gasteiger partial charge in [-0.2, -0.15) is 0 Å². The number of alkyl carbamates (subject to hydrolysis) is 1. The lowest BCUT2D eigenvalue weighted by Gasteiger charge is -2.37. The summed E-state index contributed by atoms with van der Waals surface area (Å²) in [4.78, 5) is 25.8. The van der Waals surface area contributed by atoms with Gasteiger partial charge in [0.25, 0.3) is 0 Å². The molecular formula is C18H27N3O4. The highest BCUT2D eigenvalue weighted by Crippen LogP contribution is 2.15. The Labute approximate surface area is 148 Å². The second-order valence-electron chi connectivity index (χ2n) is 7.19. The molecule has 1 aromatic rings. The first kappa shape index (κ1) is 19.1. The van der Waals surface area contributed by atoms with Crippen molar-refractivity contribution in [3.8, 4) is 0 Å². The molecule has 1 aromatic carbocycles. The number of benzene rings is 1. The molecule has 2 rings (SSSR count). The van der Waals surface area contributed by atoms with Crippen LogP contribution in [0.15, 0.2) is 30.3 Å². The fourth-order valence-corrected chi connectivity index (χ4v) is 2.53. The molecule has 1 aliphatic heterocycles. The van der Waals surface area contributed by atoms with Gasteiger partial charge >= 0.3 is 12.2 Å². The molecular weight excluding hydrogens is 322 g/mol. The third-order valence-electron chi connectivity index (χ3n) is 3.83. The Morgan fingerprint density at radius 2 is 1.96 bits per heavy atom. The minimum atomic E-state index is -0.561. The molecule has 1 saturated heterocycles. The van der Waals surface area contributed by atoms with E-state index >= 15 is 0 Å². The second-order valence-corrected chi connectivity index (χ2v) is 7.19. The van der Waals surface area contributed by atoms with Gasteiger partial charge in [0, 0.05) is 19.1 Å². The maximum absolute atomic E-state index is 12.2. The highest BCUT2D eigenvalue weighted by molar-refractivity contribution is 5.70. The first-order valence-electron chi connectivity index (χ1n) is 8.45. The summed E-state index contributed by atoms with van der Waals surface area (Å²) in [7, 11) is 0. The van der Waals surface area contributed by atoms with E-state index in [-0.39, 0.29) is 18.7 Å². The van der Waals surface area contributed by atoms with Crippen molar-refractivity contribution in [3.63, 3.8) is 0 Å². The van der Waals surface area contributed by atoms with E-state index in [2.05, 4.69) is 5.32 Å². The van der Waals surface area contributed by atoms with E-state index in [9.17, 15) is 9.59 Å². The predicted molar refractivity (Wildman–Crippen MR) is 94.0 cm³/mol. The Bertz CT molecular complexity index is 586. The summed E-state index contributed by atoms with van der Waals surface area (Å²) < 4.78 is 10.6. The fourth-order valence-electron chi connectivity index (χ4n) is 2.53. The van der Waals surface area contributed by atoms with Crippen molar-refractivity contribution in [2.75, 3.05) is 13.1 Å². The summed E-state index contributed by atoms with van der Waals surface area (Å²) in [5, 5.41) is 2.75. The summed E-state index contributed by atoms with van der Waals surface area (Å²) in [6, 6.07) is 8.81. The number of rotatable bonds is 3. The lowest BCUT2D eigenvalue weighted by molar-refractivity contribution is 0.0170. The van der Waals surface area contributed by atoms with Crippen molar-refractivity contribution < 1.29 is 19.1 Å². The van der Waals surface area contributed by atoms with Crippen LogP contribution in [0.4, 0.5) is 9.59 Å². The van der Waals surface area contributed by atoms with Crippen LogP contribution >= 0.6 is 0 Å². The standard InChI is InChI=1S/C18H27N3O4/c1-18(2,3)25-17(23)21-10-9-14(19)15(11-21)20-16(22)24-12-13-7-5-4-6-8-13/h4-8,14-15H,9-12,19H2,1-3H3,(H,20,22)/t14-,15-/m0/s1. The van der Waals surface area contributed by atoms with Gasteiger partial charge in [-0.15, -0.1) is 0 Å². The van der Waals surface area contributed by atoms with Crippen LogP contribution in [0.1, 0.15) is 32.8 Å². The van der Waals surface area contributed by atoms with Crippen molar-refractivity contribution in [2.45, 2.75) is 51.5 Å².